The Labute approximate surface area is 129 Å². The fraction of sp³-hybridized carbons (Fsp3) is 0.333. The molecule has 1 aromatic heterocycles. The maximum atomic E-state index is 12.7. The second-order valence-electron chi connectivity index (χ2n) is 5.11. The second kappa shape index (κ2) is 5.88. The fourth-order valence-corrected chi connectivity index (χ4v) is 5.51. The number of nitrogens with one attached hydrogen (secondary N) is 1. The molecule has 4 nitrogen and oxygen atoms in total. The topological polar surface area (TPSA) is 49.4 Å². The number of hydrogen-bond donors (Lipinski definition) is 1. The highest BCUT2D eigenvalue weighted by Gasteiger charge is 2.29. The van der Waals surface area contributed by atoms with Crippen LogP contribution in [0.3, 0.4) is 0 Å². The monoisotopic (exact) mass is 322 g/mol. The summed E-state index contributed by atoms with van der Waals surface area (Å²) in [5.41, 5.74) is 2.37. The van der Waals surface area contributed by atoms with Gasteiger partial charge in [-0.2, -0.15) is 4.31 Å². The third-order valence-electron chi connectivity index (χ3n) is 3.68. The first kappa shape index (κ1) is 14.7. The number of rotatable bonds is 4. The molecular weight excluding hydrogens is 304 g/mol. The van der Waals surface area contributed by atoms with Gasteiger partial charge in [-0.25, -0.2) is 8.42 Å². The summed E-state index contributed by atoms with van der Waals surface area (Å²) in [5.74, 6) is 0. The van der Waals surface area contributed by atoms with Crippen LogP contribution in [-0.4, -0.2) is 26.3 Å². The van der Waals surface area contributed by atoms with Gasteiger partial charge in [0.1, 0.15) is 4.21 Å². The summed E-state index contributed by atoms with van der Waals surface area (Å²) < 4.78 is 27.5. The van der Waals surface area contributed by atoms with E-state index in [2.05, 4.69) is 11.4 Å². The maximum absolute atomic E-state index is 12.7. The van der Waals surface area contributed by atoms with Crippen molar-refractivity contribution in [1.82, 2.24) is 9.62 Å². The van der Waals surface area contributed by atoms with Crippen LogP contribution >= 0.6 is 11.3 Å². The van der Waals surface area contributed by atoms with E-state index >= 15 is 0 Å². The molecule has 2 heterocycles. The molecule has 0 amide bonds. The van der Waals surface area contributed by atoms with E-state index in [1.807, 2.05) is 31.3 Å². The van der Waals surface area contributed by atoms with E-state index in [0.717, 1.165) is 16.9 Å². The molecule has 0 saturated heterocycles. The Morgan fingerprint density at radius 3 is 2.71 bits per heavy atom. The zero-order valence-corrected chi connectivity index (χ0v) is 13.5. The Bertz CT molecular complexity index is 738. The van der Waals surface area contributed by atoms with Crippen LogP contribution in [0.4, 0.5) is 0 Å². The van der Waals surface area contributed by atoms with Crippen molar-refractivity contribution >= 4 is 21.4 Å². The molecule has 1 aromatic carbocycles. The SMILES string of the molecule is CNCc1ccc(S(=O)(=O)N2CCc3ccccc3C2)s1. The summed E-state index contributed by atoms with van der Waals surface area (Å²) in [6.45, 7) is 1.72. The van der Waals surface area contributed by atoms with E-state index in [1.165, 1.54) is 16.9 Å². The first-order chi connectivity index (χ1) is 10.1. The van der Waals surface area contributed by atoms with Gasteiger partial charge in [-0.15, -0.1) is 11.3 Å². The van der Waals surface area contributed by atoms with Gasteiger partial charge in [0.05, 0.1) is 0 Å². The lowest BCUT2D eigenvalue weighted by Crippen LogP contribution is -2.35. The zero-order chi connectivity index (χ0) is 14.9. The normalized spacial score (nSPS) is 15.9. The highest BCUT2D eigenvalue weighted by Crippen LogP contribution is 2.29. The van der Waals surface area contributed by atoms with E-state index in [4.69, 9.17) is 0 Å². The summed E-state index contributed by atoms with van der Waals surface area (Å²) in [6, 6.07) is 11.7. The Morgan fingerprint density at radius 1 is 1.19 bits per heavy atom. The van der Waals surface area contributed by atoms with Gasteiger partial charge in [0.15, 0.2) is 0 Å². The van der Waals surface area contributed by atoms with Crippen LogP contribution < -0.4 is 5.32 Å². The Balaban J connectivity index is 1.85. The molecule has 1 aliphatic rings. The van der Waals surface area contributed by atoms with Crippen molar-refractivity contribution in [3.63, 3.8) is 0 Å². The van der Waals surface area contributed by atoms with Crippen molar-refractivity contribution in [2.45, 2.75) is 23.7 Å². The van der Waals surface area contributed by atoms with Crippen LogP contribution in [0.1, 0.15) is 16.0 Å². The number of sulfonamides is 1. The lowest BCUT2D eigenvalue weighted by atomic mass is 10.0. The molecule has 112 valence electrons. The lowest BCUT2D eigenvalue weighted by Gasteiger charge is -2.27. The van der Waals surface area contributed by atoms with Gasteiger partial charge in [0.25, 0.3) is 10.0 Å². The average Bonchev–Trinajstić information content (AvgIpc) is 2.96. The summed E-state index contributed by atoms with van der Waals surface area (Å²) in [6.07, 6.45) is 0.782. The van der Waals surface area contributed by atoms with E-state index in [-0.39, 0.29) is 0 Å². The van der Waals surface area contributed by atoms with Crippen LogP contribution in [0.2, 0.25) is 0 Å². The standard InChI is InChI=1S/C15H18N2O2S2/c1-16-10-14-6-7-15(20-14)21(18,19)17-9-8-12-4-2-3-5-13(12)11-17/h2-7,16H,8-11H2,1H3. The van der Waals surface area contributed by atoms with Gasteiger partial charge in [-0.3, -0.25) is 0 Å². The summed E-state index contributed by atoms with van der Waals surface area (Å²) >= 11 is 1.35. The van der Waals surface area contributed by atoms with Gasteiger partial charge < -0.3 is 5.32 Å². The summed E-state index contributed by atoms with van der Waals surface area (Å²) in [7, 11) is -1.52. The van der Waals surface area contributed by atoms with Crippen LogP contribution in [-0.2, 0) is 29.5 Å². The van der Waals surface area contributed by atoms with Crippen LogP contribution in [0.5, 0.6) is 0 Å². The summed E-state index contributed by atoms with van der Waals surface area (Å²) in [4.78, 5) is 1.04. The lowest BCUT2D eigenvalue weighted by molar-refractivity contribution is 0.392. The van der Waals surface area contributed by atoms with Crippen molar-refractivity contribution in [3.8, 4) is 0 Å². The van der Waals surface area contributed by atoms with E-state index in [9.17, 15) is 8.42 Å². The number of benzene rings is 1. The molecule has 0 bridgehead atoms. The fourth-order valence-electron chi connectivity index (χ4n) is 2.57. The van der Waals surface area contributed by atoms with Gasteiger partial charge >= 0.3 is 0 Å². The van der Waals surface area contributed by atoms with Crippen molar-refractivity contribution in [2.24, 2.45) is 0 Å². The minimum Gasteiger partial charge on any atom is -0.315 e. The van der Waals surface area contributed by atoms with Crippen LogP contribution in [0.25, 0.3) is 0 Å². The van der Waals surface area contributed by atoms with Gasteiger partial charge in [-0.1, -0.05) is 24.3 Å². The first-order valence-electron chi connectivity index (χ1n) is 6.91. The molecule has 1 N–H and O–H groups in total. The van der Waals surface area contributed by atoms with Crippen LogP contribution in [0.15, 0.2) is 40.6 Å². The van der Waals surface area contributed by atoms with E-state index in [0.29, 0.717) is 23.8 Å². The molecule has 0 aliphatic carbocycles. The van der Waals surface area contributed by atoms with E-state index < -0.39 is 10.0 Å². The molecule has 3 rings (SSSR count). The minimum absolute atomic E-state index is 0.437. The van der Waals surface area contributed by atoms with Gasteiger partial charge in [0, 0.05) is 24.5 Å². The Hall–Kier alpha value is -1.21. The maximum Gasteiger partial charge on any atom is 0.252 e. The molecule has 6 heteroatoms. The minimum atomic E-state index is -3.38. The predicted molar refractivity (Wildman–Crippen MR) is 84.8 cm³/mol. The Morgan fingerprint density at radius 2 is 1.95 bits per heavy atom. The third-order valence-corrected chi connectivity index (χ3v) is 7.08. The summed E-state index contributed by atoms with van der Waals surface area (Å²) in [5, 5.41) is 3.04. The third kappa shape index (κ3) is 2.89. The molecule has 21 heavy (non-hydrogen) atoms. The predicted octanol–water partition coefficient (Wildman–Crippen LogP) is 2.21. The highest BCUT2D eigenvalue weighted by molar-refractivity contribution is 7.91. The van der Waals surface area contributed by atoms with Gasteiger partial charge in [0.2, 0.25) is 0 Å². The molecule has 2 aromatic rings. The molecule has 0 atom stereocenters. The number of fused-ring (bicyclic) bond motifs is 1. The molecular formula is C15H18N2O2S2. The highest BCUT2D eigenvalue weighted by atomic mass is 32.2. The molecule has 0 saturated carbocycles. The second-order valence-corrected chi connectivity index (χ2v) is 8.44. The van der Waals surface area contributed by atoms with Crippen LogP contribution in [0, 0.1) is 0 Å². The average molecular weight is 322 g/mol. The smallest absolute Gasteiger partial charge is 0.252 e. The van der Waals surface area contributed by atoms with Gasteiger partial charge in [-0.05, 0) is 36.7 Å². The quantitative estimate of drug-likeness (QED) is 0.939. The van der Waals surface area contributed by atoms with Crippen molar-refractivity contribution < 1.29 is 8.42 Å². The number of nitrogens with zero attached hydrogens (tertiary/aromatic N) is 1. The number of hydrogen-bond acceptors (Lipinski definition) is 4. The molecule has 0 unspecified atom stereocenters. The molecule has 1 aliphatic heterocycles. The van der Waals surface area contributed by atoms with Crippen molar-refractivity contribution in [3.05, 3.63) is 52.4 Å². The molecule has 0 fully saturated rings. The zero-order valence-electron chi connectivity index (χ0n) is 11.9. The first-order valence-corrected chi connectivity index (χ1v) is 9.17. The van der Waals surface area contributed by atoms with Crippen molar-refractivity contribution in [1.29, 1.82) is 0 Å². The van der Waals surface area contributed by atoms with Crippen molar-refractivity contribution in [2.75, 3.05) is 13.6 Å². The van der Waals surface area contributed by atoms with E-state index in [1.54, 1.807) is 10.4 Å². The Kier molecular flexibility index (Phi) is 4.12. The number of thiophene rings is 1. The molecule has 0 spiro atoms. The molecule has 0 radical (unpaired) electrons. The largest absolute Gasteiger partial charge is 0.315 e.